The molecule has 1 atom stereocenters. The van der Waals surface area contributed by atoms with Crippen LogP contribution in [0.3, 0.4) is 0 Å². The predicted octanol–water partition coefficient (Wildman–Crippen LogP) is 4.66. The molecular formula is C26H29N3O4. The molecule has 7 nitrogen and oxygen atoms in total. The Bertz CT molecular complexity index is 1210. The lowest BCUT2D eigenvalue weighted by Crippen LogP contribution is -2.26. The maximum absolute atomic E-state index is 13.4. The molecule has 0 aliphatic heterocycles. The van der Waals surface area contributed by atoms with Gasteiger partial charge < -0.3 is 9.47 Å². The molecule has 1 saturated carbocycles. The zero-order valence-electron chi connectivity index (χ0n) is 19.1. The van der Waals surface area contributed by atoms with Crippen LogP contribution in [-0.4, -0.2) is 34.6 Å². The van der Waals surface area contributed by atoms with Gasteiger partial charge in [0.2, 0.25) is 0 Å². The van der Waals surface area contributed by atoms with Crippen LogP contribution in [0.1, 0.15) is 63.3 Å². The van der Waals surface area contributed by atoms with Crippen LogP contribution in [-0.2, 0) is 9.53 Å². The summed E-state index contributed by atoms with van der Waals surface area (Å²) in [5, 5.41) is 5.11. The second-order valence-corrected chi connectivity index (χ2v) is 8.23. The lowest BCUT2D eigenvalue weighted by molar-refractivity contribution is -0.150. The average Bonchev–Trinajstić information content (AvgIpc) is 2.85. The van der Waals surface area contributed by atoms with Gasteiger partial charge in [0.05, 0.1) is 23.7 Å². The first-order chi connectivity index (χ1) is 16.1. The number of para-hydroxylation sites is 2. The van der Waals surface area contributed by atoms with E-state index in [4.69, 9.17) is 14.5 Å². The van der Waals surface area contributed by atoms with Crippen LogP contribution < -0.4 is 10.3 Å². The molecule has 7 heteroatoms. The van der Waals surface area contributed by atoms with E-state index in [1.165, 1.54) is 11.1 Å². The highest BCUT2D eigenvalue weighted by Crippen LogP contribution is 2.31. The summed E-state index contributed by atoms with van der Waals surface area (Å²) < 4.78 is 12.3. The Hall–Kier alpha value is -3.48. The molecule has 3 aromatic rings. The summed E-state index contributed by atoms with van der Waals surface area (Å²) in [6.45, 7) is 3.69. The summed E-state index contributed by atoms with van der Waals surface area (Å²) in [5.41, 5.74) is 1.17. The van der Waals surface area contributed by atoms with E-state index in [-0.39, 0.29) is 18.1 Å². The molecule has 0 amide bonds. The first-order valence-electron chi connectivity index (χ1n) is 11.6. The molecule has 0 saturated heterocycles. The molecule has 1 aliphatic rings. The Morgan fingerprint density at radius 1 is 1.15 bits per heavy atom. The first-order valence-corrected chi connectivity index (χ1v) is 11.6. The van der Waals surface area contributed by atoms with Crippen molar-refractivity contribution in [2.24, 2.45) is 5.10 Å². The van der Waals surface area contributed by atoms with Crippen LogP contribution >= 0.6 is 0 Å². The fraction of sp³-hybridized carbons (Fsp3) is 0.385. The van der Waals surface area contributed by atoms with Gasteiger partial charge >= 0.3 is 5.97 Å². The van der Waals surface area contributed by atoms with Crippen molar-refractivity contribution in [3.63, 3.8) is 0 Å². The van der Waals surface area contributed by atoms with Crippen molar-refractivity contribution in [2.75, 3.05) is 6.61 Å². The first kappa shape index (κ1) is 22.7. The Kier molecular flexibility index (Phi) is 7.17. The molecular weight excluding hydrogens is 418 g/mol. The van der Waals surface area contributed by atoms with E-state index < -0.39 is 12.1 Å². The van der Waals surface area contributed by atoms with E-state index in [0.29, 0.717) is 28.0 Å². The highest BCUT2D eigenvalue weighted by molar-refractivity contribution is 5.84. The molecule has 172 valence electrons. The summed E-state index contributed by atoms with van der Waals surface area (Å²) in [7, 11) is 0. The second kappa shape index (κ2) is 10.4. The third-order valence-corrected chi connectivity index (χ3v) is 5.90. The largest absolute Gasteiger partial charge is 0.478 e. The highest BCUT2D eigenvalue weighted by Gasteiger charge is 2.22. The van der Waals surface area contributed by atoms with Crippen LogP contribution in [0.2, 0.25) is 0 Å². The zero-order chi connectivity index (χ0) is 23.2. The van der Waals surface area contributed by atoms with Gasteiger partial charge in [-0.25, -0.2) is 9.78 Å². The smallest absolute Gasteiger partial charge is 0.347 e. The normalized spacial score (nSPS) is 15.6. The molecule has 0 radical (unpaired) electrons. The van der Waals surface area contributed by atoms with E-state index >= 15 is 0 Å². The fourth-order valence-corrected chi connectivity index (χ4v) is 4.19. The Labute approximate surface area is 193 Å². The van der Waals surface area contributed by atoms with Crippen LogP contribution in [0, 0.1) is 0 Å². The van der Waals surface area contributed by atoms with Crippen molar-refractivity contribution in [3.05, 3.63) is 70.3 Å². The van der Waals surface area contributed by atoms with Crippen LogP contribution in [0.5, 0.6) is 5.75 Å². The minimum Gasteiger partial charge on any atom is -0.478 e. The number of rotatable bonds is 7. The van der Waals surface area contributed by atoms with Gasteiger partial charge in [-0.1, -0.05) is 43.5 Å². The van der Waals surface area contributed by atoms with Crippen molar-refractivity contribution in [1.29, 1.82) is 0 Å². The minimum absolute atomic E-state index is 0.185. The molecule has 0 N–H and O–H groups in total. The van der Waals surface area contributed by atoms with Crippen molar-refractivity contribution in [3.8, 4) is 5.75 Å². The number of nitrogens with zero attached hydrogens (tertiary/aromatic N) is 3. The number of hydrogen-bond donors (Lipinski definition) is 0. The van der Waals surface area contributed by atoms with Gasteiger partial charge in [0.1, 0.15) is 11.6 Å². The summed E-state index contributed by atoms with van der Waals surface area (Å²) in [4.78, 5) is 30.2. The molecule has 1 fully saturated rings. The summed E-state index contributed by atoms with van der Waals surface area (Å²) in [6, 6.07) is 14.6. The summed E-state index contributed by atoms with van der Waals surface area (Å²) >= 11 is 0. The molecule has 0 unspecified atom stereocenters. The summed E-state index contributed by atoms with van der Waals surface area (Å²) in [6.07, 6.45) is 6.29. The van der Waals surface area contributed by atoms with E-state index in [0.717, 1.165) is 25.7 Å². The van der Waals surface area contributed by atoms with Gasteiger partial charge in [0, 0.05) is 11.5 Å². The Morgan fingerprint density at radius 2 is 1.88 bits per heavy atom. The molecule has 0 bridgehead atoms. The maximum atomic E-state index is 13.4. The molecule has 4 rings (SSSR count). The number of fused-ring (bicyclic) bond motifs is 1. The number of carbonyl (C=O) groups excluding carboxylic acids is 1. The fourth-order valence-electron chi connectivity index (χ4n) is 4.19. The quantitative estimate of drug-likeness (QED) is 0.389. The number of esters is 1. The minimum atomic E-state index is -0.762. The van der Waals surface area contributed by atoms with E-state index in [2.05, 4.69) is 5.10 Å². The second-order valence-electron chi connectivity index (χ2n) is 8.23. The summed E-state index contributed by atoms with van der Waals surface area (Å²) in [5.74, 6) is 0.957. The van der Waals surface area contributed by atoms with Gasteiger partial charge in [0.15, 0.2) is 6.10 Å². The molecule has 1 heterocycles. The van der Waals surface area contributed by atoms with Gasteiger partial charge in [0.25, 0.3) is 5.56 Å². The third kappa shape index (κ3) is 5.13. The number of benzene rings is 2. The van der Waals surface area contributed by atoms with Crippen LogP contribution in [0.4, 0.5) is 0 Å². The maximum Gasteiger partial charge on any atom is 0.347 e. The molecule has 1 aliphatic carbocycles. The van der Waals surface area contributed by atoms with Crippen molar-refractivity contribution >= 4 is 23.1 Å². The van der Waals surface area contributed by atoms with Gasteiger partial charge in [-0.05, 0) is 51.0 Å². The van der Waals surface area contributed by atoms with E-state index in [9.17, 15) is 9.59 Å². The standard InChI is InChI=1S/C26H29N3O4/c1-3-32-26(31)18(2)33-23-16-10-7-13-20(23)17-27-29-24(19-11-5-4-6-12-19)28-22-15-9-8-14-21(22)25(29)30/h7-10,13-19H,3-6,11-12H2,1-2H3/t18-/m1/s1. The number of aromatic nitrogens is 2. The Balaban J connectivity index is 1.72. The third-order valence-electron chi connectivity index (χ3n) is 5.90. The Morgan fingerprint density at radius 3 is 2.67 bits per heavy atom. The van der Waals surface area contributed by atoms with Crippen molar-refractivity contribution in [1.82, 2.24) is 9.66 Å². The molecule has 1 aromatic heterocycles. The zero-order valence-corrected chi connectivity index (χ0v) is 19.1. The van der Waals surface area contributed by atoms with Crippen molar-refractivity contribution in [2.45, 2.75) is 58.0 Å². The van der Waals surface area contributed by atoms with E-state index in [1.807, 2.05) is 36.4 Å². The monoisotopic (exact) mass is 447 g/mol. The van der Waals surface area contributed by atoms with Crippen LogP contribution in [0.15, 0.2) is 58.4 Å². The van der Waals surface area contributed by atoms with E-state index in [1.54, 1.807) is 32.2 Å². The van der Waals surface area contributed by atoms with Gasteiger partial charge in [-0.3, -0.25) is 4.79 Å². The average molecular weight is 448 g/mol. The van der Waals surface area contributed by atoms with Gasteiger partial charge in [-0.15, -0.1) is 0 Å². The molecule has 2 aromatic carbocycles. The number of ether oxygens (including phenoxy) is 2. The van der Waals surface area contributed by atoms with Gasteiger partial charge in [-0.2, -0.15) is 9.78 Å². The topological polar surface area (TPSA) is 82.8 Å². The lowest BCUT2D eigenvalue weighted by atomic mass is 9.88. The van der Waals surface area contributed by atoms with Crippen molar-refractivity contribution < 1.29 is 14.3 Å². The molecule has 0 spiro atoms. The SMILES string of the molecule is CCOC(=O)[C@@H](C)Oc1ccccc1C=Nn1c(C2CCCCC2)nc2ccccc2c1=O. The highest BCUT2D eigenvalue weighted by atomic mass is 16.6. The predicted molar refractivity (Wildman–Crippen MR) is 128 cm³/mol. The lowest BCUT2D eigenvalue weighted by Gasteiger charge is -2.22. The number of carbonyl (C=O) groups is 1. The van der Waals surface area contributed by atoms with Crippen LogP contribution in [0.25, 0.3) is 10.9 Å². The number of hydrogen-bond acceptors (Lipinski definition) is 6. The molecule has 33 heavy (non-hydrogen) atoms.